The molecule has 2 N–H and O–H groups in total. The molecule has 0 saturated carbocycles. The summed E-state index contributed by atoms with van der Waals surface area (Å²) in [4.78, 5) is 11.2. The van der Waals surface area contributed by atoms with Crippen molar-refractivity contribution in [2.75, 3.05) is 33.0 Å². The van der Waals surface area contributed by atoms with Crippen LogP contribution in [-0.2, 0) is 14.3 Å². The molecule has 0 aromatic heterocycles. The number of ether oxygens (including phenoxy) is 2. The van der Waals surface area contributed by atoms with Crippen LogP contribution in [-0.4, -0.2) is 44.0 Å². The molecule has 0 rings (SSSR count). The Morgan fingerprint density at radius 3 is 2.33 bits per heavy atom. The van der Waals surface area contributed by atoms with Gasteiger partial charge in [0.2, 0.25) is 0 Å². The number of ketones is 1. The van der Waals surface area contributed by atoms with Gasteiger partial charge in [0.1, 0.15) is 5.78 Å². The average molecular weight is 219 g/mol. The summed E-state index contributed by atoms with van der Waals surface area (Å²) in [6.45, 7) is 6.05. The van der Waals surface area contributed by atoms with Crippen LogP contribution in [0.15, 0.2) is 0 Å². The minimum atomic E-state index is 0.0838. The predicted molar refractivity (Wildman–Crippen MR) is 55.9 cm³/mol. The van der Waals surface area contributed by atoms with Gasteiger partial charge in [-0.1, -0.05) is 13.8 Å². The van der Waals surface area contributed by atoms with Crippen molar-refractivity contribution < 1.29 is 19.5 Å². The molecule has 0 aliphatic carbocycles. The summed E-state index contributed by atoms with van der Waals surface area (Å²) in [5, 5.41) is 8.22. The molecule has 15 heavy (non-hydrogen) atoms. The highest BCUT2D eigenvalue weighted by molar-refractivity contribution is 5.80. The van der Waals surface area contributed by atoms with Gasteiger partial charge >= 0.3 is 0 Å². The molecule has 0 saturated heterocycles. The second kappa shape index (κ2) is 10.0. The number of carbonyl (C=O) groups excluding carboxylic acids is 1. The largest absolute Gasteiger partial charge is 0.379 e. The van der Waals surface area contributed by atoms with Crippen LogP contribution in [0.4, 0.5) is 0 Å². The van der Waals surface area contributed by atoms with Crippen molar-refractivity contribution in [3.63, 3.8) is 0 Å². The van der Waals surface area contributed by atoms with Crippen LogP contribution in [0.2, 0.25) is 0 Å². The molecular weight excluding hydrogens is 198 g/mol. The number of Topliss-reactive ketones (excluding diaryl/α,β-unsaturated/α-hetero) is 1. The molecule has 0 bridgehead atoms. The number of hydroxylamine groups is 1. The van der Waals surface area contributed by atoms with E-state index in [1.165, 1.54) is 0 Å². The fourth-order valence-electron chi connectivity index (χ4n) is 0.901. The van der Waals surface area contributed by atoms with Crippen molar-refractivity contribution in [1.82, 2.24) is 5.48 Å². The first-order chi connectivity index (χ1) is 7.18. The summed E-state index contributed by atoms with van der Waals surface area (Å²) in [6, 6.07) is 0. The molecular formula is C10H21NO4. The molecule has 0 aromatic carbocycles. The first kappa shape index (κ1) is 14.5. The quantitative estimate of drug-likeness (QED) is 0.416. The smallest absolute Gasteiger partial charge is 0.137 e. The SMILES string of the molecule is CC(C)C(=O)CCOCCOCCNO. The first-order valence-corrected chi connectivity index (χ1v) is 5.23. The van der Waals surface area contributed by atoms with Gasteiger partial charge in [-0.15, -0.1) is 0 Å². The standard InChI is InChI=1S/C10H21NO4/c1-9(2)10(12)3-5-14-7-8-15-6-4-11-13/h9,11,13H,3-8H2,1-2H3. The number of hydrogen-bond donors (Lipinski definition) is 2. The maximum absolute atomic E-state index is 11.2. The van der Waals surface area contributed by atoms with Crippen molar-refractivity contribution in [3.8, 4) is 0 Å². The van der Waals surface area contributed by atoms with E-state index in [9.17, 15) is 4.79 Å². The van der Waals surface area contributed by atoms with Gasteiger partial charge < -0.3 is 14.7 Å². The fraction of sp³-hybridized carbons (Fsp3) is 0.900. The van der Waals surface area contributed by atoms with Gasteiger partial charge in [-0.05, 0) is 0 Å². The molecule has 0 aliphatic rings. The molecule has 5 heteroatoms. The third-order valence-electron chi connectivity index (χ3n) is 1.87. The lowest BCUT2D eigenvalue weighted by atomic mass is 10.1. The van der Waals surface area contributed by atoms with Gasteiger partial charge in [0, 0.05) is 18.9 Å². The van der Waals surface area contributed by atoms with Crippen LogP contribution < -0.4 is 5.48 Å². The van der Waals surface area contributed by atoms with Crippen LogP contribution in [0.5, 0.6) is 0 Å². The minimum absolute atomic E-state index is 0.0838. The normalized spacial score (nSPS) is 10.9. The van der Waals surface area contributed by atoms with Gasteiger partial charge in [0.05, 0.1) is 26.4 Å². The zero-order chi connectivity index (χ0) is 11.5. The number of carbonyl (C=O) groups is 1. The number of hydrogen-bond acceptors (Lipinski definition) is 5. The summed E-state index contributed by atoms with van der Waals surface area (Å²) >= 11 is 0. The second-order valence-electron chi connectivity index (χ2n) is 3.50. The van der Waals surface area contributed by atoms with Crippen molar-refractivity contribution in [2.24, 2.45) is 5.92 Å². The van der Waals surface area contributed by atoms with E-state index >= 15 is 0 Å². The van der Waals surface area contributed by atoms with Crippen LogP contribution in [0, 0.1) is 5.92 Å². The van der Waals surface area contributed by atoms with Crippen molar-refractivity contribution in [3.05, 3.63) is 0 Å². The number of nitrogens with one attached hydrogen (secondary N) is 1. The Kier molecular flexibility index (Phi) is 9.71. The summed E-state index contributed by atoms with van der Waals surface area (Å²) in [5.74, 6) is 0.306. The molecule has 0 aliphatic heterocycles. The zero-order valence-electron chi connectivity index (χ0n) is 9.49. The van der Waals surface area contributed by atoms with Crippen LogP contribution in [0.3, 0.4) is 0 Å². The third-order valence-corrected chi connectivity index (χ3v) is 1.87. The third kappa shape index (κ3) is 9.81. The molecule has 0 spiro atoms. The van der Waals surface area contributed by atoms with E-state index in [1.807, 2.05) is 19.3 Å². The highest BCUT2D eigenvalue weighted by Crippen LogP contribution is 1.98. The van der Waals surface area contributed by atoms with Crippen LogP contribution >= 0.6 is 0 Å². The fourth-order valence-corrected chi connectivity index (χ4v) is 0.901. The minimum Gasteiger partial charge on any atom is -0.379 e. The lowest BCUT2D eigenvalue weighted by Crippen LogP contribution is -2.17. The Morgan fingerprint density at radius 2 is 1.80 bits per heavy atom. The van der Waals surface area contributed by atoms with E-state index in [4.69, 9.17) is 14.7 Å². The Labute approximate surface area is 90.7 Å². The van der Waals surface area contributed by atoms with Crippen molar-refractivity contribution in [2.45, 2.75) is 20.3 Å². The van der Waals surface area contributed by atoms with Crippen molar-refractivity contribution in [1.29, 1.82) is 0 Å². The Hall–Kier alpha value is -0.490. The average Bonchev–Trinajstić information content (AvgIpc) is 2.21. The molecule has 0 aromatic rings. The molecule has 90 valence electrons. The molecule has 0 heterocycles. The second-order valence-corrected chi connectivity index (χ2v) is 3.50. The van der Waals surface area contributed by atoms with Gasteiger partial charge in [0.15, 0.2) is 0 Å². The maximum atomic E-state index is 11.2. The molecule has 0 unspecified atom stereocenters. The van der Waals surface area contributed by atoms with Gasteiger partial charge in [0.25, 0.3) is 0 Å². The van der Waals surface area contributed by atoms with Gasteiger partial charge in [-0.3, -0.25) is 4.79 Å². The summed E-state index contributed by atoms with van der Waals surface area (Å²) in [6.07, 6.45) is 0.468. The molecule has 0 atom stereocenters. The summed E-state index contributed by atoms with van der Waals surface area (Å²) in [7, 11) is 0. The van der Waals surface area contributed by atoms with Crippen molar-refractivity contribution >= 4 is 5.78 Å². The molecule has 0 fully saturated rings. The van der Waals surface area contributed by atoms with E-state index in [1.54, 1.807) is 0 Å². The lowest BCUT2D eigenvalue weighted by Gasteiger charge is -2.06. The predicted octanol–water partition coefficient (Wildman–Crippen LogP) is 0.614. The first-order valence-electron chi connectivity index (χ1n) is 5.23. The van der Waals surface area contributed by atoms with E-state index < -0.39 is 0 Å². The highest BCUT2D eigenvalue weighted by atomic mass is 16.5. The number of rotatable bonds is 10. The van der Waals surface area contributed by atoms with E-state index in [0.29, 0.717) is 39.4 Å². The lowest BCUT2D eigenvalue weighted by molar-refractivity contribution is -0.123. The van der Waals surface area contributed by atoms with Crippen LogP contribution in [0.1, 0.15) is 20.3 Å². The van der Waals surface area contributed by atoms with Gasteiger partial charge in [-0.25, -0.2) is 5.48 Å². The Balaban J connectivity index is 3.08. The monoisotopic (exact) mass is 219 g/mol. The molecule has 5 nitrogen and oxygen atoms in total. The summed E-state index contributed by atoms with van der Waals surface area (Å²) < 4.78 is 10.3. The zero-order valence-corrected chi connectivity index (χ0v) is 9.49. The maximum Gasteiger partial charge on any atom is 0.137 e. The Bertz CT molecular complexity index is 162. The van der Waals surface area contributed by atoms with E-state index in [-0.39, 0.29) is 11.7 Å². The Morgan fingerprint density at radius 1 is 1.20 bits per heavy atom. The van der Waals surface area contributed by atoms with Gasteiger partial charge in [-0.2, -0.15) is 0 Å². The van der Waals surface area contributed by atoms with E-state index in [2.05, 4.69) is 0 Å². The summed E-state index contributed by atoms with van der Waals surface area (Å²) in [5.41, 5.74) is 1.99. The van der Waals surface area contributed by atoms with E-state index in [0.717, 1.165) is 0 Å². The topological polar surface area (TPSA) is 67.8 Å². The molecule has 0 radical (unpaired) electrons. The van der Waals surface area contributed by atoms with Crippen LogP contribution in [0.25, 0.3) is 0 Å². The highest BCUT2D eigenvalue weighted by Gasteiger charge is 2.05. The molecule has 0 amide bonds.